The van der Waals surface area contributed by atoms with Crippen LogP contribution in [0.15, 0.2) is 72.5 Å². The first-order chi connectivity index (χ1) is 17.9. The zero-order valence-electron chi connectivity index (χ0n) is 20.9. The number of halogens is 3. The third kappa shape index (κ3) is 6.58. The van der Waals surface area contributed by atoms with Gasteiger partial charge in [0.05, 0.1) is 11.6 Å². The lowest BCUT2D eigenvalue weighted by Crippen LogP contribution is -2.52. The predicted molar refractivity (Wildman–Crippen MR) is 142 cm³/mol. The number of nitrogens with zero attached hydrogens (tertiary/aromatic N) is 4. The Morgan fingerprint density at radius 3 is 2.22 bits per heavy atom. The van der Waals surface area contributed by atoms with E-state index in [1.54, 1.807) is 12.1 Å². The molecule has 0 aliphatic carbocycles. The van der Waals surface area contributed by atoms with Crippen molar-refractivity contribution >= 4 is 17.5 Å². The summed E-state index contributed by atoms with van der Waals surface area (Å²) in [5.41, 5.74) is 2.81. The molecule has 0 aromatic heterocycles. The molecule has 196 valence electrons. The Bertz CT molecular complexity index is 1130. The lowest BCUT2D eigenvalue weighted by atomic mass is 9.99. The maximum atomic E-state index is 15.3. The average Bonchev–Trinajstić information content (AvgIpc) is 2.91. The van der Waals surface area contributed by atoms with E-state index in [0.29, 0.717) is 49.7 Å². The summed E-state index contributed by atoms with van der Waals surface area (Å²) in [6.07, 6.45) is 5.41. The highest BCUT2D eigenvalue weighted by Crippen LogP contribution is 2.25. The van der Waals surface area contributed by atoms with E-state index in [1.807, 2.05) is 52.4 Å². The van der Waals surface area contributed by atoms with Crippen molar-refractivity contribution in [3.05, 3.63) is 94.4 Å². The largest absolute Gasteiger partial charge is 0.367 e. The molecule has 3 aliphatic heterocycles. The van der Waals surface area contributed by atoms with Gasteiger partial charge in [-0.15, -0.1) is 0 Å². The molecule has 0 unspecified atom stereocenters. The van der Waals surface area contributed by atoms with Crippen LogP contribution in [-0.2, 0) is 17.9 Å². The van der Waals surface area contributed by atoms with Crippen LogP contribution in [0.4, 0.5) is 8.78 Å². The standard InChI is InChI=1S/C29H33ClF2N4O/c30-25-7-3-22(4-8-25)19-34-13-11-28(27(32)21-34)36-12-1-2-24(20-36)29(37)35-16-14-33(15-17-35)18-23-5-9-26(31)10-6-23/h1-10,20,27-28H,11-19,21H2/t27-,28+/m1/s1. The molecule has 0 N–H and O–H groups in total. The molecule has 5 nitrogen and oxygen atoms in total. The van der Waals surface area contributed by atoms with E-state index in [4.69, 9.17) is 11.6 Å². The van der Waals surface area contributed by atoms with Crippen LogP contribution in [0, 0.1) is 5.82 Å². The van der Waals surface area contributed by atoms with Crippen molar-refractivity contribution in [1.82, 2.24) is 19.6 Å². The van der Waals surface area contributed by atoms with Crippen LogP contribution in [-0.4, -0.2) is 83.5 Å². The van der Waals surface area contributed by atoms with E-state index in [0.717, 1.165) is 37.3 Å². The first-order valence-electron chi connectivity index (χ1n) is 13.0. The van der Waals surface area contributed by atoms with Gasteiger partial charge >= 0.3 is 0 Å². The lowest BCUT2D eigenvalue weighted by Gasteiger charge is -2.41. The smallest absolute Gasteiger partial charge is 0.255 e. The lowest BCUT2D eigenvalue weighted by molar-refractivity contribution is -0.128. The minimum atomic E-state index is -0.991. The molecule has 2 saturated heterocycles. The number of benzene rings is 2. The number of piperazine rings is 1. The van der Waals surface area contributed by atoms with E-state index in [9.17, 15) is 9.18 Å². The number of piperidine rings is 1. The zero-order chi connectivity index (χ0) is 25.8. The van der Waals surface area contributed by atoms with Gasteiger partial charge in [0, 0.05) is 70.1 Å². The summed E-state index contributed by atoms with van der Waals surface area (Å²) in [6, 6.07) is 14.0. The minimum absolute atomic E-state index is 0.00188. The zero-order valence-corrected chi connectivity index (χ0v) is 21.7. The molecule has 3 heterocycles. The molecule has 8 heteroatoms. The van der Waals surface area contributed by atoms with Gasteiger partial charge in [-0.1, -0.05) is 48.0 Å². The van der Waals surface area contributed by atoms with Crippen LogP contribution in [0.2, 0.25) is 5.02 Å². The van der Waals surface area contributed by atoms with Gasteiger partial charge in [-0.05, 0) is 41.8 Å². The molecule has 2 aromatic rings. The van der Waals surface area contributed by atoms with Gasteiger partial charge in [0.1, 0.15) is 12.0 Å². The highest BCUT2D eigenvalue weighted by molar-refractivity contribution is 6.30. The second kappa shape index (κ2) is 11.8. The highest BCUT2D eigenvalue weighted by atomic mass is 35.5. The number of rotatable bonds is 6. The summed E-state index contributed by atoms with van der Waals surface area (Å²) in [4.78, 5) is 21.6. The van der Waals surface area contributed by atoms with Crippen LogP contribution in [0.1, 0.15) is 17.5 Å². The number of carbonyl (C=O) groups is 1. The van der Waals surface area contributed by atoms with Crippen molar-refractivity contribution in [2.45, 2.75) is 31.7 Å². The van der Waals surface area contributed by atoms with Crippen LogP contribution in [0.5, 0.6) is 0 Å². The Labute approximate surface area is 222 Å². The van der Waals surface area contributed by atoms with Crippen molar-refractivity contribution in [1.29, 1.82) is 0 Å². The van der Waals surface area contributed by atoms with Crippen molar-refractivity contribution in [3.8, 4) is 0 Å². The Balaban J connectivity index is 1.13. The van der Waals surface area contributed by atoms with E-state index in [-0.39, 0.29) is 17.8 Å². The van der Waals surface area contributed by atoms with E-state index in [2.05, 4.69) is 9.80 Å². The van der Waals surface area contributed by atoms with Gasteiger partial charge in [-0.3, -0.25) is 14.6 Å². The molecular formula is C29H33ClF2N4O. The molecular weight excluding hydrogens is 494 g/mol. The van der Waals surface area contributed by atoms with Crippen molar-refractivity contribution in [2.24, 2.45) is 0 Å². The fourth-order valence-corrected chi connectivity index (χ4v) is 5.52. The Kier molecular flexibility index (Phi) is 8.23. The van der Waals surface area contributed by atoms with E-state index >= 15 is 4.39 Å². The van der Waals surface area contributed by atoms with E-state index in [1.165, 1.54) is 12.1 Å². The Hall–Kier alpha value is -2.74. The summed E-state index contributed by atoms with van der Waals surface area (Å²) in [5.74, 6) is -0.234. The second-order valence-electron chi connectivity index (χ2n) is 10.1. The molecule has 2 aromatic carbocycles. The molecule has 1 amide bonds. The first kappa shape index (κ1) is 25.9. The van der Waals surface area contributed by atoms with Crippen LogP contribution in [0.25, 0.3) is 0 Å². The summed E-state index contributed by atoms with van der Waals surface area (Å²) in [7, 11) is 0. The predicted octanol–water partition coefficient (Wildman–Crippen LogP) is 4.49. The number of hydrogen-bond acceptors (Lipinski definition) is 4. The van der Waals surface area contributed by atoms with Gasteiger partial charge in [-0.25, -0.2) is 8.78 Å². The average molecular weight is 527 g/mol. The number of alkyl halides is 1. The van der Waals surface area contributed by atoms with Gasteiger partial charge in [0.25, 0.3) is 5.91 Å². The molecule has 5 rings (SSSR count). The van der Waals surface area contributed by atoms with Crippen molar-refractivity contribution < 1.29 is 13.6 Å². The first-order valence-corrected chi connectivity index (χ1v) is 13.3. The van der Waals surface area contributed by atoms with Gasteiger partial charge < -0.3 is 9.80 Å². The van der Waals surface area contributed by atoms with Crippen molar-refractivity contribution in [3.63, 3.8) is 0 Å². The van der Waals surface area contributed by atoms with Gasteiger partial charge in [0.15, 0.2) is 0 Å². The summed E-state index contributed by atoms with van der Waals surface area (Å²) in [5, 5.41) is 0.702. The molecule has 2 atom stereocenters. The quantitative estimate of drug-likeness (QED) is 0.555. The number of amides is 1. The minimum Gasteiger partial charge on any atom is -0.367 e. The second-order valence-corrected chi connectivity index (χ2v) is 10.5. The van der Waals surface area contributed by atoms with Crippen LogP contribution < -0.4 is 0 Å². The third-order valence-electron chi connectivity index (χ3n) is 7.48. The summed E-state index contributed by atoms with van der Waals surface area (Å²) in [6.45, 7) is 6.06. The third-order valence-corrected chi connectivity index (χ3v) is 7.73. The van der Waals surface area contributed by atoms with E-state index < -0.39 is 6.17 Å². The van der Waals surface area contributed by atoms with Crippen molar-refractivity contribution in [2.75, 3.05) is 45.8 Å². The fourth-order valence-electron chi connectivity index (χ4n) is 5.39. The molecule has 0 spiro atoms. The number of carbonyl (C=O) groups excluding carboxylic acids is 1. The number of hydrogen-bond donors (Lipinski definition) is 0. The maximum absolute atomic E-state index is 15.3. The highest BCUT2D eigenvalue weighted by Gasteiger charge is 2.34. The molecule has 3 aliphatic rings. The molecule has 37 heavy (non-hydrogen) atoms. The molecule has 0 bridgehead atoms. The fraction of sp³-hybridized carbons (Fsp3) is 0.414. The maximum Gasteiger partial charge on any atom is 0.255 e. The molecule has 0 radical (unpaired) electrons. The Morgan fingerprint density at radius 2 is 1.54 bits per heavy atom. The SMILES string of the molecule is O=C(C1=CN([C@H]2CCN(Cc3ccc(Cl)cc3)C[C@H]2F)CC=C1)N1CCN(Cc2ccc(F)cc2)CC1. The normalized spacial score (nSPS) is 23.3. The van der Waals surface area contributed by atoms with Gasteiger partial charge in [0.2, 0.25) is 0 Å². The Morgan fingerprint density at radius 1 is 0.892 bits per heavy atom. The molecule has 2 fully saturated rings. The monoisotopic (exact) mass is 526 g/mol. The summed E-state index contributed by atoms with van der Waals surface area (Å²) >= 11 is 5.98. The summed E-state index contributed by atoms with van der Waals surface area (Å²) < 4.78 is 28.5. The topological polar surface area (TPSA) is 30.0 Å². The van der Waals surface area contributed by atoms with Crippen LogP contribution >= 0.6 is 11.6 Å². The molecule has 0 saturated carbocycles. The number of likely N-dealkylation sites (tertiary alicyclic amines) is 1. The van der Waals surface area contributed by atoms with Gasteiger partial charge in [-0.2, -0.15) is 0 Å². The van der Waals surface area contributed by atoms with Crippen LogP contribution in [0.3, 0.4) is 0 Å².